The number of carbonyl (C=O) groups is 1. The van der Waals surface area contributed by atoms with Crippen LogP contribution < -0.4 is 9.64 Å². The van der Waals surface area contributed by atoms with Gasteiger partial charge in [0.25, 0.3) is 5.91 Å². The second kappa shape index (κ2) is 8.40. The number of amides is 1. The Morgan fingerprint density at radius 3 is 2.73 bits per heavy atom. The molecule has 3 rings (SSSR count). The molecule has 2 heterocycles. The van der Waals surface area contributed by atoms with Gasteiger partial charge in [0.15, 0.2) is 5.82 Å². The number of nitrogens with zero attached hydrogens (tertiary/aromatic N) is 4. The van der Waals surface area contributed by atoms with E-state index in [1.54, 1.807) is 11.8 Å². The first-order valence-electron chi connectivity index (χ1n) is 8.68. The second-order valence-corrected chi connectivity index (χ2v) is 7.31. The van der Waals surface area contributed by atoms with E-state index in [1.807, 2.05) is 66.5 Å². The van der Waals surface area contributed by atoms with Crippen molar-refractivity contribution in [3.8, 4) is 5.88 Å². The average molecular weight is 372 g/mol. The topological polar surface area (TPSA) is 58.6 Å². The number of piperidine rings is 1. The van der Waals surface area contributed by atoms with Crippen LogP contribution in [0.5, 0.6) is 5.88 Å². The van der Waals surface area contributed by atoms with Crippen molar-refractivity contribution in [1.82, 2.24) is 15.1 Å². The summed E-state index contributed by atoms with van der Waals surface area (Å²) in [6, 6.07) is 11.4. The van der Waals surface area contributed by atoms with Crippen LogP contribution in [-0.4, -0.2) is 60.5 Å². The highest BCUT2D eigenvalue weighted by Crippen LogP contribution is 2.24. The minimum atomic E-state index is -0.0614. The Kier molecular flexibility index (Phi) is 5.98. The summed E-state index contributed by atoms with van der Waals surface area (Å²) in [6.45, 7) is 1.32. The van der Waals surface area contributed by atoms with Gasteiger partial charge in [-0.05, 0) is 37.3 Å². The first-order chi connectivity index (χ1) is 12.6. The van der Waals surface area contributed by atoms with E-state index in [-0.39, 0.29) is 12.0 Å². The highest BCUT2D eigenvalue weighted by Gasteiger charge is 2.27. The molecule has 0 aliphatic carbocycles. The molecule has 138 valence electrons. The molecule has 1 atom stereocenters. The van der Waals surface area contributed by atoms with Gasteiger partial charge in [-0.2, -0.15) is 0 Å². The number of aromatic nitrogens is 2. The van der Waals surface area contributed by atoms with Gasteiger partial charge in [0.1, 0.15) is 6.10 Å². The Labute approximate surface area is 158 Å². The number of rotatable bonds is 5. The van der Waals surface area contributed by atoms with Crippen molar-refractivity contribution in [3.63, 3.8) is 0 Å². The van der Waals surface area contributed by atoms with E-state index in [4.69, 9.17) is 4.74 Å². The lowest BCUT2D eigenvalue weighted by Crippen LogP contribution is -2.44. The Hall–Kier alpha value is -2.28. The third kappa shape index (κ3) is 4.27. The average Bonchev–Trinajstić information content (AvgIpc) is 2.68. The molecule has 2 aromatic rings. The van der Waals surface area contributed by atoms with Crippen LogP contribution in [0.3, 0.4) is 0 Å². The number of ether oxygens (including phenoxy) is 1. The number of hydrogen-bond donors (Lipinski definition) is 0. The maximum atomic E-state index is 12.9. The fraction of sp³-hybridized carbons (Fsp3) is 0.421. The first-order valence-corrected chi connectivity index (χ1v) is 9.91. The largest absolute Gasteiger partial charge is 0.471 e. The molecule has 0 bridgehead atoms. The highest BCUT2D eigenvalue weighted by molar-refractivity contribution is 7.98. The molecule has 0 spiro atoms. The smallest absolute Gasteiger partial charge is 0.255 e. The van der Waals surface area contributed by atoms with Crippen molar-refractivity contribution in [1.29, 1.82) is 0 Å². The van der Waals surface area contributed by atoms with E-state index in [0.717, 1.165) is 35.7 Å². The molecule has 1 aromatic carbocycles. The van der Waals surface area contributed by atoms with E-state index >= 15 is 0 Å². The summed E-state index contributed by atoms with van der Waals surface area (Å²) >= 11 is 1.59. The molecule has 1 saturated heterocycles. The zero-order valence-electron chi connectivity index (χ0n) is 15.4. The standard InChI is InChI=1S/C19H24N4O2S/c1-22(2)17-10-11-18(21-20-17)25-14-7-6-12-23(13-14)19(24)15-8-4-5-9-16(15)26-3/h4-5,8-11,14H,6-7,12-13H2,1-3H3. The Bertz CT molecular complexity index is 751. The molecular weight excluding hydrogens is 348 g/mol. The molecule has 1 fully saturated rings. The SMILES string of the molecule is CSc1ccccc1C(=O)N1CCCC(Oc2ccc(N(C)C)nn2)C1. The van der Waals surface area contributed by atoms with Gasteiger partial charge >= 0.3 is 0 Å². The van der Waals surface area contributed by atoms with Crippen LogP contribution in [0.15, 0.2) is 41.3 Å². The van der Waals surface area contributed by atoms with Gasteiger partial charge in [0, 0.05) is 31.6 Å². The van der Waals surface area contributed by atoms with Crippen LogP contribution in [0.1, 0.15) is 23.2 Å². The summed E-state index contributed by atoms with van der Waals surface area (Å²) in [5, 5.41) is 8.26. The minimum Gasteiger partial charge on any atom is -0.471 e. The summed E-state index contributed by atoms with van der Waals surface area (Å²) in [5.74, 6) is 1.35. The Balaban J connectivity index is 1.66. The fourth-order valence-corrected chi connectivity index (χ4v) is 3.59. The van der Waals surface area contributed by atoms with Gasteiger partial charge in [0.05, 0.1) is 12.1 Å². The van der Waals surface area contributed by atoms with Crippen LogP contribution in [0, 0.1) is 0 Å². The van der Waals surface area contributed by atoms with E-state index in [1.165, 1.54) is 0 Å². The molecule has 1 aliphatic rings. The van der Waals surface area contributed by atoms with Crippen molar-refractivity contribution in [2.75, 3.05) is 38.3 Å². The second-order valence-electron chi connectivity index (χ2n) is 6.46. The van der Waals surface area contributed by atoms with Gasteiger partial charge < -0.3 is 14.5 Å². The van der Waals surface area contributed by atoms with Crippen molar-refractivity contribution >= 4 is 23.5 Å². The maximum Gasteiger partial charge on any atom is 0.255 e. The van der Waals surface area contributed by atoms with Gasteiger partial charge in [-0.1, -0.05) is 12.1 Å². The Morgan fingerprint density at radius 2 is 2.04 bits per heavy atom. The van der Waals surface area contributed by atoms with E-state index in [2.05, 4.69) is 10.2 Å². The van der Waals surface area contributed by atoms with E-state index in [0.29, 0.717) is 12.4 Å². The van der Waals surface area contributed by atoms with E-state index < -0.39 is 0 Å². The van der Waals surface area contributed by atoms with Crippen LogP contribution in [0.25, 0.3) is 0 Å². The zero-order chi connectivity index (χ0) is 18.5. The molecule has 1 aromatic heterocycles. The quantitative estimate of drug-likeness (QED) is 0.752. The molecule has 1 aliphatic heterocycles. The monoisotopic (exact) mass is 372 g/mol. The Morgan fingerprint density at radius 1 is 1.23 bits per heavy atom. The van der Waals surface area contributed by atoms with Gasteiger partial charge in [-0.15, -0.1) is 22.0 Å². The molecule has 0 saturated carbocycles. The van der Waals surface area contributed by atoms with Crippen molar-refractivity contribution in [3.05, 3.63) is 42.0 Å². The number of carbonyl (C=O) groups excluding carboxylic acids is 1. The van der Waals surface area contributed by atoms with Crippen LogP contribution >= 0.6 is 11.8 Å². The predicted molar refractivity (Wildman–Crippen MR) is 104 cm³/mol. The minimum absolute atomic E-state index is 0.0614. The van der Waals surface area contributed by atoms with Gasteiger partial charge in [0.2, 0.25) is 5.88 Å². The normalized spacial score (nSPS) is 17.0. The maximum absolute atomic E-state index is 12.9. The molecule has 1 unspecified atom stereocenters. The van der Waals surface area contributed by atoms with Crippen LogP contribution in [0.4, 0.5) is 5.82 Å². The molecule has 0 radical (unpaired) electrons. The summed E-state index contributed by atoms with van der Waals surface area (Å²) in [6.07, 6.45) is 3.75. The van der Waals surface area contributed by atoms with Gasteiger partial charge in [-0.25, -0.2) is 0 Å². The van der Waals surface area contributed by atoms with Crippen molar-refractivity contribution in [2.24, 2.45) is 0 Å². The summed E-state index contributed by atoms with van der Waals surface area (Å²) in [5.41, 5.74) is 0.760. The lowest BCUT2D eigenvalue weighted by Gasteiger charge is -2.33. The van der Waals surface area contributed by atoms with E-state index in [9.17, 15) is 4.79 Å². The lowest BCUT2D eigenvalue weighted by atomic mass is 10.1. The van der Waals surface area contributed by atoms with Crippen molar-refractivity contribution in [2.45, 2.75) is 23.8 Å². The molecule has 6 nitrogen and oxygen atoms in total. The number of thioether (sulfide) groups is 1. The predicted octanol–water partition coefficient (Wildman–Crippen LogP) is 2.95. The molecule has 26 heavy (non-hydrogen) atoms. The first kappa shape index (κ1) is 18.5. The number of benzene rings is 1. The highest BCUT2D eigenvalue weighted by atomic mass is 32.2. The van der Waals surface area contributed by atoms with Crippen molar-refractivity contribution < 1.29 is 9.53 Å². The molecule has 7 heteroatoms. The fourth-order valence-electron chi connectivity index (χ4n) is 3.00. The number of hydrogen-bond acceptors (Lipinski definition) is 6. The lowest BCUT2D eigenvalue weighted by molar-refractivity contribution is 0.0522. The number of anilines is 1. The van der Waals surface area contributed by atoms with Crippen LogP contribution in [0.2, 0.25) is 0 Å². The molecular formula is C19H24N4O2S. The zero-order valence-corrected chi connectivity index (χ0v) is 16.2. The summed E-state index contributed by atoms with van der Waals surface area (Å²) in [7, 11) is 3.84. The summed E-state index contributed by atoms with van der Waals surface area (Å²) in [4.78, 5) is 17.7. The summed E-state index contributed by atoms with van der Waals surface area (Å²) < 4.78 is 5.97. The third-order valence-corrected chi connectivity index (χ3v) is 5.17. The molecule has 1 amide bonds. The third-order valence-electron chi connectivity index (χ3n) is 4.37. The van der Waals surface area contributed by atoms with Gasteiger partial charge in [-0.3, -0.25) is 4.79 Å². The van der Waals surface area contributed by atoms with Crippen LogP contribution in [-0.2, 0) is 0 Å². The molecule has 0 N–H and O–H groups in total. The number of likely N-dealkylation sites (tertiary alicyclic amines) is 1.